The van der Waals surface area contributed by atoms with Crippen LogP contribution in [-0.4, -0.2) is 18.6 Å². The maximum atomic E-state index is 11.7. The molecular formula is C14H18N2O2. The molecule has 1 N–H and O–H groups in total. The lowest BCUT2D eigenvalue weighted by atomic mass is 10.0. The maximum absolute atomic E-state index is 11.7. The first-order chi connectivity index (χ1) is 8.46. The highest BCUT2D eigenvalue weighted by Gasteiger charge is 2.20. The van der Waals surface area contributed by atoms with E-state index in [1.54, 1.807) is 25.3 Å². The summed E-state index contributed by atoms with van der Waals surface area (Å²) in [6, 6.07) is 9.25. The smallest absolute Gasteiger partial charge is 0.223 e. The average molecular weight is 246 g/mol. The third kappa shape index (κ3) is 4.56. The van der Waals surface area contributed by atoms with E-state index in [1.807, 2.05) is 19.9 Å². The van der Waals surface area contributed by atoms with E-state index in [1.165, 1.54) is 0 Å². The van der Waals surface area contributed by atoms with E-state index in [0.717, 1.165) is 5.56 Å². The number of ether oxygens (including phenoxy) is 1. The van der Waals surface area contributed by atoms with E-state index in [-0.39, 0.29) is 5.91 Å². The lowest BCUT2D eigenvalue weighted by Crippen LogP contribution is -2.33. The van der Waals surface area contributed by atoms with Crippen molar-refractivity contribution in [3.8, 4) is 6.07 Å². The highest BCUT2D eigenvalue weighted by atomic mass is 16.5. The van der Waals surface area contributed by atoms with E-state index in [4.69, 9.17) is 10.00 Å². The number of carbonyl (C=O) groups is 1. The van der Waals surface area contributed by atoms with E-state index >= 15 is 0 Å². The van der Waals surface area contributed by atoms with Crippen LogP contribution in [0, 0.1) is 11.3 Å². The van der Waals surface area contributed by atoms with Crippen molar-refractivity contribution in [1.29, 1.82) is 5.26 Å². The minimum Gasteiger partial charge on any atom is -0.378 e. The number of hydrogen-bond donors (Lipinski definition) is 1. The van der Waals surface area contributed by atoms with E-state index in [2.05, 4.69) is 11.4 Å². The minimum atomic E-state index is -0.460. The summed E-state index contributed by atoms with van der Waals surface area (Å²) in [5, 5.41) is 11.6. The molecule has 0 saturated heterocycles. The Morgan fingerprint density at radius 3 is 2.83 bits per heavy atom. The van der Waals surface area contributed by atoms with Crippen LogP contribution in [0.2, 0.25) is 0 Å². The van der Waals surface area contributed by atoms with Gasteiger partial charge in [0.2, 0.25) is 5.91 Å². The number of carbonyl (C=O) groups excluding carboxylic acids is 1. The van der Waals surface area contributed by atoms with Gasteiger partial charge in [-0.2, -0.15) is 5.26 Å². The second-order valence-corrected chi connectivity index (χ2v) is 4.73. The van der Waals surface area contributed by atoms with Crippen LogP contribution in [0.5, 0.6) is 0 Å². The molecule has 0 spiro atoms. The summed E-state index contributed by atoms with van der Waals surface area (Å²) in [6.45, 7) is 4.15. The largest absolute Gasteiger partial charge is 0.378 e. The molecular weight excluding hydrogens is 228 g/mol. The molecule has 1 aromatic carbocycles. The molecule has 4 nitrogen and oxygen atoms in total. The predicted octanol–water partition coefficient (Wildman–Crippen LogP) is 1.99. The minimum absolute atomic E-state index is 0.0655. The Morgan fingerprint density at radius 1 is 1.50 bits per heavy atom. The second kappa shape index (κ2) is 6.18. The molecule has 0 heterocycles. The molecule has 1 aromatic rings. The van der Waals surface area contributed by atoms with Crippen LogP contribution < -0.4 is 5.32 Å². The number of rotatable bonds is 5. The van der Waals surface area contributed by atoms with Gasteiger partial charge in [0.1, 0.15) is 0 Å². The van der Waals surface area contributed by atoms with Crippen molar-refractivity contribution >= 4 is 5.91 Å². The summed E-state index contributed by atoms with van der Waals surface area (Å²) < 4.78 is 5.19. The molecule has 4 heteroatoms. The van der Waals surface area contributed by atoms with Crippen molar-refractivity contribution in [2.75, 3.05) is 7.11 Å². The Morgan fingerprint density at radius 2 is 2.22 bits per heavy atom. The van der Waals surface area contributed by atoms with Gasteiger partial charge in [0.15, 0.2) is 0 Å². The molecule has 0 aliphatic rings. The quantitative estimate of drug-likeness (QED) is 0.864. The first kappa shape index (κ1) is 14.2. The molecule has 0 aromatic heterocycles. The Bertz CT molecular complexity index is 461. The summed E-state index contributed by atoms with van der Waals surface area (Å²) in [7, 11) is 1.59. The van der Waals surface area contributed by atoms with Gasteiger partial charge in [-0.15, -0.1) is 0 Å². The van der Waals surface area contributed by atoms with E-state index in [9.17, 15) is 4.79 Å². The van der Waals surface area contributed by atoms with E-state index < -0.39 is 5.60 Å². The zero-order valence-electron chi connectivity index (χ0n) is 11.0. The van der Waals surface area contributed by atoms with Gasteiger partial charge >= 0.3 is 0 Å². The van der Waals surface area contributed by atoms with Gasteiger partial charge in [0.05, 0.1) is 23.7 Å². The molecule has 1 amide bonds. The summed E-state index contributed by atoms with van der Waals surface area (Å²) in [6.07, 6.45) is 0.307. The van der Waals surface area contributed by atoms with Crippen LogP contribution in [0.1, 0.15) is 31.4 Å². The number of nitrogens with one attached hydrogen (secondary N) is 1. The monoisotopic (exact) mass is 246 g/mol. The van der Waals surface area contributed by atoms with Crippen LogP contribution in [0.4, 0.5) is 0 Å². The van der Waals surface area contributed by atoms with Crippen molar-refractivity contribution in [2.45, 2.75) is 32.4 Å². The molecule has 96 valence electrons. The highest BCUT2D eigenvalue weighted by Crippen LogP contribution is 2.12. The Kier molecular flexibility index (Phi) is 4.87. The SMILES string of the molecule is COC(C)(C)CC(=O)NCc1cccc(C#N)c1. The summed E-state index contributed by atoms with van der Waals surface area (Å²) in [5.41, 5.74) is 1.05. The number of benzene rings is 1. The number of hydrogen-bond acceptors (Lipinski definition) is 3. The van der Waals surface area contributed by atoms with Crippen molar-refractivity contribution in [3.63, 3.8) is 0 Å². The third-order valence-corrected chi connectivity index (χ3v) is 2.68. The van der Waals surface area contributed by atoms with E-state index in [0.29, 0.717) is 18.5 Å². The molecule has 0 bridgehead atoms. The summed E-state index contributed by atoms with van der Waals surface area (Å²) in [4.78, 5) is 11.7. The van der Waals surface area contributed by atoms with Gasteiger partial charge in [0, 0.05) is 13.7 Å². The second-order valence-electron chi connectivity index (χ2n) is 4.73. The molecule has 0 aliphatic heterocycles. The van der Waals surface area contributed by atoms with Crippen molar-refractivity contribution in [1.82, 2.24) is 5.32 Å². The van der Waals surface area contributed by atoms with Crippen LogP contribution in [-0.2, 0) is 16.1 Å². The van der Waals surface area contributed by atoms with Crippen molar-refractivity contribution < 1.29 is 9.53 Å². The Hall–Kier alpha value is -1.86. The Balaban J connectivity index is 2.50. The lowest BCUT2D eigenvalue weighted by Gasteiger charge is -2.21. The van der Waals surface area contributed by atoms with Crippen molar-refractivity contribution in [3.05, 3.63) is 35.4 Å². The molecule has 0 atom stereocenters. The molecule has 0 saturated carbocycles. The topological polar surface area (TPSA) is 62.1 Å². The zero-order chi connectivity index (χ0) is 13.6. The fraction of sp³-hybridized carbons (Fsp3) is 0.429. The molecule has 0 unspecified atom stereocenters. The highest BCUT2D eigenvalue weighted by molar-refractivity contribution is 5.76. The van der Waals surface area contributed by atoms with Crippen molar-refractivity contribution in [2.24, 2.45) is 0 Å². The first-order valence-corrected chi connectivity index (χ1v) is 5.78. The number of amides is 1. The predicted molar refractivity (Wildman–Crippen MR) is 68.7 cm³/mol. The molecule has 1 rings (SSSR count). The number of nitriles is 1. The molecule has 0 aliphatic carbocycles. The van der Waals surface area contributed by atoms with Gasteiger partial charge in [-0.1, -0.05) is 12.1 Å². The first-order valence-electron chi connectivity index (χ1n) is 5.78. The summed E-state index contributed by atoms with van der Waals surface area (Å²) >= 11 is 0. The van der Waals surface area contributed by atoms with Crippen LogP contribution in [0.3, 0.4) is 0 Å². The summed E-state index contributed by atoms with van der Waals surface area (Å²) in [5.74, 6) is -0.0655. The van der Waals surface area contributed by atoms with Gasteiger partial charge < -0.3 is 10.1 Å². The standard InChI is InChI=1S/C14H18N2O2/c1-14(2,18-3)8-13(17)16-10-12-6-4-5-11(7-12)9-15/h4-7H,8,10H2,1-3H3,(H,16,17). The van der Waals surface area contributed by atoms with Crippen LogP contribution in [0.15, 0.2) is 24.3 Å². The maximum Gasteiger partial charge on any atom is 0.223 e. The number of methoxy groups -OCH3 is 1. The normalized spacial score (nSPS) is 10.8. The fourth-order valence-corrected chi connectivity index (χ4v) is 1.47. The third-order valence-electron chi connectivity index (χ3n) is 2.68. The van der Waals surface area contributed by atoms with Crippen LogP contribution >= 0.6 is 0 Å². The molecule has 0 radical (unpaired) electrons. The van der Waals surface area contributed by atoms with Crippen LogP contribution in [0.25, 0.3) is 0 Å². The van der Waals surface area contributed by atoms with Gasteiger partial charge in [-0.3, -0.25) is 4.79 Å². The number of nitrogens with zero attached hydrogens (tertiary/aromatic N) is 1. The molecule has 18 heavy (non-hydrogen) atoms. The average Bonchev–Trinajstić information content (AvgIpc) is 2.36. The van der Waals surface area contributed by atoms with Gasteiger partial charge in [-0.05, 0) is 31.5 Å². The zero-order valence-corrected chi connectivity index (χ0v) is 11.0. The fourth-order valence-electron chi connectivity index (χ4n) is 1.47. The Labute approximate surface area is 108 Å². The lowest BCUT2D eigenvalue weighted by molar-refractivity contribution is -0.126. The molecule has 0 fully saturated rings. The van der Waals surface area contributed by atoms with Gasteiger partial charge in [0.25, 0.3) is 0 Å². The van der Waals surface area contributed by atoms with Gasteiger partial charge in [-0.25, -0.2) is 0 Å².